The monoisotopic (exact) mass is 355 g/mol. The number of hydrogen-bond acceptors (Lipinski definition) is 4. The molecule has 1 atom stereocenters. The van der Waals surface area contributed by atoms with E-state index in [1.807, 2.05) is 0 Å². The second-order valence-electron chi connectivity index (χ2n) is 7.13. The van der Waals surface area contributed by atoms with Gasteiger partial charge >= 0.3 is 5.97 Å². The number of aromatic nitrogens is 2. The molecule has 1 aliphatic carbocycles. The molecule has 6 nitrogen and oxygen atoms in total. The zero-order valence-electron chi connectivity index (χ0n) is 14.4. The molecule has 3 aliphatic rings. The number of fused-ring (bicyclic) bond motifs is 5. The third-order valence-electron chi connectivity index (χ3n) is 5.64. The van der Waals surface area contributed by atoms with Gasteiger partial charge in [0, 0.05) is 12.1 Å². The molecule has 1 saturated heterocycles. The number of ether oxygens (including phenoxy) is 1. The zero-order chi connectivity index (χ0) is 18.0. The molecule has 1 amide bonds. The van der Waals surface area contributed by atoms with Crippen molar-refractivity contribution in [1.82, 2.24) is 14.5 Å². The van der Waals surface area contributed by atoms with Crippen LogP contribution < -0.4 is 0 Å². The lowest BCUT2D eigenvalue weighted by molar-refractivity contribution is 0.0585. The Bertz CT molecular complexity index is 948. The summed E-state index contributed by atoms with van der Waals surface area (Å²) in [5.74, 6) is -0.901. The fraction of sp³-hybridized carbons (Fsp3) is 0.421. The van der Waals surface area contributed by atoms with Crippen molar-refractivity contribution in [2.75, 3.05) is 13.7 Å². The Hall–Kier alpha value is -2.70. The molecule has 2 aromatic rings. The molecule has 0 N–H and O–H groups in total. The highest BCUT2D eigenvalue weighted by molar-refractivity contribution is 6.01. The van der Waals surface area contributed by atoms with Crippen molar-refractivity contribution in [3.05, 3.63) is 46.8 Å². The minimum absolute atomic E-state index is 0.0973. The lowest BCUT2D eigenvalue weighted by atomic mass is 9.99. The predicted octanol–water partition coefficient (Wildman–Crippen LogP) is 2.97. The van der Waals surface area contributed by atoms with Crippen molar-refractivity contribution >= 4 is 11.9 Å². The number of hydrogen-bond donors (Lipinski definition) is 0. The Balaban J connectivity index is 1.82. The highest BCUT2D eigenvalue weighted by Crippen LogP contribution is 2.47. The number of carbonyl (C=O) groups is 2. The molecule has 5 rings (SSSR count). The van der Waals surface area contributed by atoms with Gasteiger partial charge in [0.1, 0.15) is 12.1 Å². The molecule has 0 unspecified atom stereocenters. The lowest BCUT2D eigenvalue weighted by Gasteiger charge is -2.23. The van der Waals surface area contributed by atoms with Crippen LogP contribution in [0, 0.1) is 5.82 Å². The van der Waals surface area contributed by atoms with Crippen molar-refractivity contribution < 1.29 is 18.7 Å². The number of rotatable bonds is 2. The maximum atomic E-state index is 14.6. The third kappa shape index (κ3) is 2.00. The number of halogens is 1. The minimum Gasteiger partial charge on any atom is -0.464 e. The first-order valence-electron chi connectivity index (χ1n) is 8.91. The first-order valence-corrected chi connectivity index (χ1v) is 8.91. The van der Waals surface area contributed by atoms with Crippen LogP contribution in [0.25, 0.3) is 5.69 Å². The second kappa shape index (κ2) is 5.40. The van der Waals surface area contributed by atoms with Crippen LogP contribution in [-0.4, -0.2) is 40.0 Å². The van der Waals surface area contributed by atoms with Crippen molar-refractivity contribution in [2.24, 2.45) is 0 Å². The normalized spacial score (nSPS) is 21.1. The summed E-state index contributed by atoms with van der Waals surface area (Å²) >= 11 is 0. The maximum Gasteiger partial charge on any atom is 0.358 e. The number of carbonyl (C=O) groups excluding carboxylic acids is 2. The van der Waals surface area contributed by atoms with Crippen LogP contribution in [0.5, 0.6) is 0 Å². The zero-order valence-corrected chi connectivity index (χ0v) is 14.4. The summed E-state index contributed by atoms with van der Waals surface area (Å²) in [6, 6.07) is 2.78. The van der Waals surface area contributed by atoms with Gasteiger partial charge in [-0.05, 0) is 43.7 Å². The summed E-state index contributed by atoms with van der Waals surface area (Å²) < 4.78 is 21.3. The predicted molar refractivity (Wildman–Crippen MR) is 89.8 cm³/mol. The van der Waals surface area contributed by atoms with Crippen LogP contribution in [0.3, 0.4) is 0 Å². The van der Waals surface area contributed by atoms with Gasteiger partial charge < -0.3 is 9.64 Å². The van der Waals surface area contributed by atoms with E-state index >= 15 is 0 Å². The Kier molecular flexibility index (Phi) is 3.23. The molecule has 0 spiro atoms. The molecule has 134 valence electrons. The summed E-state index contributed by atoms with van der Waals surface area (Å²) in [7, 11) is 1.32. The minimum atomic E-state index is -0.522. The molecule has 3 heterocycles. The average molecular weight is 355 g/mol. The van der Waals surface area contributed by atoms with Crippen molar-refractivity contribution in [2.45, 2.75) is 37.6 Å². The van der Waals surface area contributed by atoms with Crippen LogP contribution >= 0.6 is 0 Å². The molecule has 26 heavy (non-hydrogen) atoms. The van der Waals surface area contributed by atoms with E-state index in [0.29, 0.717) is 29.1 Å². The number of esters is 1. The molecule has 0 bridgehead atoms. The van der Waals surface area contributed by atoms with E-state index in [1.54, 1.807) is 21.9 Å². The van der Waals surface area contributed by atoms with Crippen molar-refractivity contribution in [3.8, 4) is 5.69 Å². The largest absolute Gasteiger partial charge is 0.464 e. The average Bonchev–Trinajstić information content (AvgIpc) is 3.22. The van der Waals surface area contributed by atoms with E-state index < -0.39 is 5.97 Å². The molecule has 7 heteroatoms. The third-order valence-corrected chi connectivity index (χ3v) is 5.64. The quantitative estimate of drug-likeness (QED) is 0.777. The summed E-state index contributed by atoms with van der Waals surface area (Å²) in [5.41, 5.74) is 2.42. The Morgan fingerprint density at radius 2 is 2.12 bits per heavy atom. The van der Waals surface area contributed by atoms with Gasteiger partial charge in [0.25, 0.3) is 5.91 Å². The molecule has 2 aliphatic heterocycles. The standard InChI is InChI=1S/C19H18FN3O3/c1-26-19(25)16-17-13-3-2-8-22(13)18(24)15-12(23(17)9-21-16)7-6-11(20)14(15)10-4-5-10/h6-7,9-10,13H,2-5,8H2,1H3/t13-/m0/s1. The smallest absolute Gasteiger partial charge is 0.358 e. The first kappa shape index (κ1) is 15.5. The van der Waals surface area contributed by atoms with Gasteiger partial charge in [0.15, 0.2) is 5.69 Å². The van der Waals surface area contributed by atoms with E-state index in [1.165, 1.54) is 13.2 Å². The van der Waals surface area contributed by atoms with Gasteiger partial charge in [-0.2, -0.15) is 0 Å². The Morgan fingerprint density at radius 3 is 2.85 bits per heavy atom. The van der Waals surface area contributed by atoms with Crippen LogP contribution in [0.15, 0.2) is 18.5 Å². The highest BCUT2D eigenvalue weighted by Gasteiger charge is 2.43. The van der Waals surface area contributed by atoms with Gasteiger partial charge in [-0.1, -0.05) is 0 Å². The van der Waals surface area contributed by atoms with E-state index in [4.69, 9.17) is 4.74 Å². The summed E-state index contributed by atoms with van der Waals surface area (Å²) in [4.78, 5) is 31.6. The van der Waals surface area contributed by atoms with Crippen molar-refractivity contribution in [1.29, 1.82) is 0 Å². The number of imidazole rings is 1. The number of benzene rings is 1. The molecular formula is C19H18FN3O3. The molecule has 0 radical (unpaired) electrons. The van der Waals surface area contributed by atoms with Crippen LogP contribution in [-0.2, 0) is 4.74 Å². The number of amides is 1. The fourth-order valence-corrected chi connectivity index (χ4v) is 4.34. The molecule has 1 saturated carbocycles. The second-order valence-corrected chi connectivity index (χ2v) is 7.13. The first-order chi connectivity index (χ1) is 12.6. The maximum absolute atomic E-state index is 14.6. The summed E-state index contributed by atoms with van der Waals surface area (Å²) in [6.07, 6.45) is 4.93. The SMILES string of the molecule is COC(=O)c1ncn2c1[C@@H]1CCCN1C(=O)c1c-2ccc(F)c1C1CC1. The number of methoxy groups -OCH3 is 1. The topological polar surface area (TPSA) is 64.4 Å². The van der Waals surface area contributed by atoms with Gasteiger partial charge in [-0.15, -0.1) is 0 Å². The summed E-state index contributed by atoms with van der Waals surface area (Å²) in [5, 5.41) is 0. The Labute approximate surface area is 149 Å². The van der Waals surface area contributed by atoms with Crippen LogP contribution in [0.4, 0.5) is 4.39 Å². The van der Waals surface area contributed by atoms with E-state index in [0.717, 1.165) is 25.7 Å². The van der Waals surface area contributed by atoms with E-state index in [2.05, 4.69) is 4.98 Å². The fourth-order valence-electron chi connectivity index (χ4n) is 4.34. The van der Waals surface area contributed by atoms with Gasteiger partial charge in [0.05, 0.1) is 30.1 Å². The van der Waals surface area contributed by atoms with Gasteiger partial charge in [-0.25, -0.2) is 14.2 Å². The van der Waals surface area contributed by atoms with Crippen LogP contribution in [0.2, 0.25) is 0 Å². The summed E-state index contributed by atoms with van der Waals surface area (Å²) in [6.45, 7) is 0.593. The van der Waals surface area contributed by atoms with Gasteiger partial charge in [0.2, 0.25) is 0 Å². The molecular weight excluding hydrogens is 337 g/mol. The van der Waals surface area contributed by atoms with Crippen molar-refractivity contribution in [3.63, 3.8) is 0 Å². The molecule has 2 fully saturated rings. The van der Waals surface area contributed by atoms with E-state index in [-0.39, 0.29) is 29.4 Å². The number of nitrogens with zero attached hydrogens (tertiary/aromatic N) is 3. The van der Waals surface area contributed by atoms with Crippen LogP contribution in [0.1, 0.15) is 69.7 Å². The molecule has 1 aromatic heterocycles. The van der Waals surface area contributed by atoms with E-state index in [9.17, 15) is 14.0 Å². The molecule has 1 aromatic carbocycles. The highest BCUT2D eigenvalue weighted by atomic mass is 19.1. The van der Waals surface area contributed by atoms with Gasteiger partial charge in [-0.3, -0.25) is 9.36 Å². The lowest BCUT2D eigenvalue weighted by Crippen LogP contribution is -2.31. The Morgan fingerprint density at radius 1 is 1.31 bits per heavy atom.